The van der Waals surface area contributed by atoms with Crippen molar-refractivity contribution in [1.29, 1.82) is 0 Å². The first-order valence-corrected chi connectivity index (χ1v) is 7.72. The summed E-state index contributed by atoms with van der Waals surface area (Å²) in [6, 6.07) is 9.25. The molecular weight excluding hydrogens is 294 g/mol. The van der Waals surface area contributed by atoms with Gasteiger partial charge in [0.15, 0.2) is 5.82 Å². The van der Waals surface area contributed by atoms with E-state index in [1.165, 1.54) is 0 Å². The Balaban J connectivity index is 1.62. The fraction of sp³-hybridized carbons (Fsp3) is 0.438. The van der Waals surface area contributed by atoms with Crippen LogP contribution < -0.4 is 5.73 Å². The van der Waals surface area contributed by atoms with Crippen molar-refractivity contribution >= 4 is 5.91 Å². The van der Waals surface area contributed by atoms with Crippen molar-refractivity contribution in [3.8, 4) is 0 Å². The molecule has 3 rings (SSSR count). The molecule has 1 aliphatic heterocycles. The highest BCUT2D eigenvalue weighted by Crippen LogP contribution is 2.19. The van der Waals surface area contributed by atoms with E-state index in [2.05, 4.69) is 15.2 Å². The Bertz CT molecular complexity index is 658. The van der Waals surface area contributed by atoms with Gasteiger partial charge in [0.25, 0.3) is 0 Å². The van der Waals surface area contributed by atoms with Crippen molar-refractivity contribution in [2.24, 2.45) is 5.73 Å². The minimum Gasteiger partial charge on any atom is -0.366 e. The number of hydrogen-bond acceptors (Lipinski definition) is 5. The van der Waals surface area contributed by atoms with E-state index in [1.807, 2.05) is 37.3 Å². The number of ether oxygens (including phenoxy) is 1. The molecule has 2 aromatic rings. The molecule has 3 N–H and O–H groups in total. The summed E-state index contributed by atoms with van der Waals surface area (Å²) in [4.78, 5) is 18.6. The largest absolute Gasteiger partial charge is 0.366 e. The predicted octanol–water partition coefficient (Wildman–Crippen LogP) is 0.583. The van der Waals surface area contributed by atoms with Crippen LogP contribution in [0.15, 0.2) is 30.3 Å². The third kappa shape index (κ3) is 3.75. The fourth-order valence-electron chi connectivity index (χ4n) is 2.70. The van der Waals surface area contributed by atoms with E-state index in [-0.39, 0.29) is 12.0 Å². The van der Waals surface area contributed by atoms with Crippen LogP contribution in [0.4, 0.5) is 0 Å². The smallest absolute Gasteiger partial charge is 0.240 e. The number of nitrogens with zero attached hydrogens (tertiary/aromatic N) is 3. The Morgan fingerprint density at radius 1 is 1.48 bits per heavy atom. The molecule has 0 radical (unpaired) electrons. The maximum Gasteiger partial charge on any atom is 0.240 e. The lowest BCUT2D eigenvalue weighted by Crippen LogP contribution is -2.50. The average Bonchev–Trinajstić information content (AvgIpc) is 3.02. The van der Waals surface area contributed by atoms with E-state index in [4.69, 9.17) is 10.5 Å². The highest BCUT2D eigenvalue weighted by Gasteiger charge is 2.30. The zero-order chi connectivity index (χ0) is 16.2. The van der Waals surface area contributed by atoms with Gasteiger partial charge >= 0.3 is 0 Å². The molecule has 1 amide bonds. The molecule has 1 saturated heterocycles. The first-order chi connectivity index (χ1) is 11.1. The van der Waals surface area contributed by atoms with Crippen molar-refractivity contribution in [2.75, 3.05) is 19.7 Å². The molecule has 122 valence electrons. The van der Waals surface area contributed by atoms with Crippen LogP contribution in [0.5, 0.6) is 0 Å². The normalized spacial score (nSPS) is 19.6. The fourth-order valence-corrected chi connectivity index (χ4v) is 2.70. The van der Waals surface area contributed by atoms with Gasteiger partial charge in [-0.2, -0.15) is 5.10 Å². The second-order valence-electron chi connectivity index (χ2n) is 5.72. The summed E-state index contributed by atoms with van der Waals surface area (Å²) >= 11 is 0. The number of carbonyl (C=O) groups excluding carboxylic acids is 1. The van der Waals surface area contributed by atoms with Crippen LogP contribution in [0, 0.1) is 6.92 Å². The van der Waals surface area contributed by atoms with E-state index >= 15 is 0 Å². The monoisotopic (exact) mass is 315 g/mol. The van der Waals surface area contributed by atoms with Crippen LogP contribution in [-0.4, -0.2) is 51.7 Å². The molecule has 2 unspecified atom stereocenters. The number of aryl methyl sites for hydroxylation is 1. The molecule has 0 aliphatic carbocycles. The Hall–Kier alpha value is -2.25. The summed E-state index contributed by atoms with van der Waals surface area (Å²) in [7, 11) is 0. The average molecular weight is 315 g/mol. The Kier molecular flexibility index (Phi) is 4.68. The number of nitrogens with one attached hydrogen (secondary N) is 1. The summed E-state index contributed by atoms with van der Waals surface area (Å²) in [5, 5.41) is 6.91. The van der Waals surface area contributed by atoms with Gasteiger partial charge in [-0.05, 0) is 18.9 Å². The van der Waals surface area contributed by atoms with Gasteiger partial charge in [-0.1, -0.05) is 30.3 Å². The van der Waals surface area contributed by atoms with Gasteiger partial charge in [0.2, 0.25) is 5.91 Å². The van der Waals surface area contributed by atoms with Gasteiger partial charge in [0.1, 0.15) is 11.9 Å². The van der Waals surface area contributed by atoms with E-state index in [9.17, 15) is 4.79 Å². The molecule has 1 aromatic carbocycles. The molecule has 1 aliphatic rings. The molecule has 0 saturated carbocycles. The first-order valence-electron chi connectivity index (χ1n) is 7.72. The molecule has 23 heavy (non-hydrogen) atoms. The topological polar surface area (TPSA) is 97.1 Å². The lowest BCUT2D eigenvalue weighted by molar-refractivity contribution is -0.140. The number of hydrogen-bond donors (Lipinski definition) is 2. The minimum atomic E-state index is -0.551. The van der Waals surface area contributed by atoms with Crippen LogP contribution in [0.25, 0.3) is 0 Å². The molecule has 0 bridgehead atoms. The standard InChI is InChI=1S/C16H21N5O2/c1-11-18-15(20-19-11)14-10-21(7-8-23-14)16(22)13(17)9-12-5-3-2-4-6-12/h2-6,13-14H,7-10,17H2,1H3,(H,18,19,20). The molecule has 2 heterocycles. The van der Waals surface area contributed by atoms with Crippen molar-refractivity contribution in [2.45, 2.75) is 25.5 Å². The lowest BCUT2D eigenvalue weighted by Gasteiger charge is -2.33. The number of aromatic amines is 1. The quantitative estimate of drug-likeness (QED) is 0.860. The number of H-pyrrole nitrogens is 1. The highest BCUT2D eigenvalue weighted by atomic mass is 16.5. The molecule has 2 atom stereocenters. The Morgan fingerprint density at radius 2 is 2.26 bits per heavy atom. The van der Waals surface area contributed by atoms with E-state index in [1.54, 1.807) is 4.90 Å². The molecule has 0 spiro atoms. The maximum absolute atomic E-state index is 12.6. The van der Waals surface area contributed by atoms with Gasteiger partial charge in [-0.25, -0.2) is 4.98 Å². The highest BCUT2D eigenvalue weighted by molar-refractivity contribution is 5.82. The van der Waals surface area contributed by atoms with Crippen molar-refractivity contribution < 1.29 is 9.53 Å². The van der Waals surface area contributed by atoms with E-state index in [0.29, 0.717) is 31.9 Å². The SMILES string of the molecule is Cc1nc(C2CN(C(=O)C(N)Cc3ccccc3)CCO2)n[nH]1. The number of aromatic nitrogens is 3. The molecule has 1 fully saturated rings. The zero-order valence-electron chi connectivity index (χ0n) is 13.1. The van der Waals surface area contributed by atoms with Crippen LogP contribution in [0.3, 0.4) is 0 Å². The van der Waals surface area contributed by atoms with Crippen molar-refractivity contribution in [1.82, 2.24) is 20.1 Å². The lowest BCUT2D eigenvalue weighted by atomic mass is 10.1. The number of benzene rings is 1. The number of nitrogens with two attached hydrogens (primary N) is 1. The number of morpholine rings is 1. The molecule has 7 heteroatoms. The van der Waals surface area contributed by atoms with Gasteiger partial charge in [-0.3, -0.25) is 9.89 Å². The second-order valence-corrected chi connectivity index (χ2v) is 5.72. The third-order valence-corrected chi connectivity index (χ3v) is 3.90. The predicted molar refractivity (Wildman–Crippen MR) is 84.5 cm³/mol. The summed E-state index contributed by atoms with van der Waals surface area (Å²) < 4.78 is 5.68. The molecular formula is C16H21N5O2. The van der Waals surface area contributed by atoms with Gasteiger partial charge < -0.3 is 15.4 Å². The Morgan fingerprint density at radius 3 is 2.96 bits per heavy atom. The molecule has 7 nitrogen and oxygen atoms in total. The molecule has 1 aromatic heterocycles. The van der Waals surface area contributed by atoms with Gasteiger partial charge in [-0.15, -0.1) is 0 Å². The van der Waals surface area contributed by atoms with E-state index < -0.39 is 6.04 Å². The van der Waals surface area contributed by atoms with E-state index in [0.717, 1.165) is 11.4 Å². The first kappa shape index (κ1) is 15.6. The van der Waals surface area contributed by atoms with Crippen LogP contribution in [0.1, 0.15) is 23.3 Å². The van der Waals surface area contributed by atoms with Crippen LogP contribution in [0.2, 0.25) is 0 Å². The van der Waals surface area contributed by atoms with Gasteiger partial charge in [0, 0.05) is 6.54 Å². The maximum atomic E-state index is 12.6. The van der Waals surface area contributed by atoms with Crippen LogP contribution in [-0.2, 0) is 16.0 Å². The minimum absolute atomic E-state index is 0.0607. The number of carbonyl (C=O) groups is 1. The van der Waals surface area contributed by atoms with Crippen molar-refractivity contribution in [3.63, 3.8) is 0 Å². The van der Waals surface area contributed by atoms with Crippen molar-refractivity contribution in [3.05, 3.63) is 47.5 Å². The third-order valence-electron chi connectivity index (χ3n) is 3.90. The summed E-state index contributed by atoms with van der Waals surface area (Å²) in [6.45, 7) is 3.26. The Labute approximate surface area is 134 Å². The van der Waals surface area contributed by atoms with Gasteiger partial charge in [0.05, 0.1) is 19.2 Å². The summed E-state index contributed by atoms with van der Waals surface area (Å²) in [6.07, 6.45) is 0.225. The summed E-state index contributed by atoms with van der Waals surface area (Å²) in [5.74, 6) is 1.25. The van der Waals surface area contributed by atoms with Crippen LogP contribution >= 0.6 is 0 Å². The summed E-state index contributed by atoms with van der Waals surface area (Å²) in [5.41, 5.74) is 7.16. The zero-order valence-corrected chi connectivity index (χ0v) is 13.1. The number of rotatable bonds is 4. The second kappa shape index (κ2) is 6.89. The number of amides is 1.